The molecule has 0 bridgehead atoms. The van der Waals surface area contributed by atoms with Crippen LogP contribution < -0.4 is 16.0 Å². The number of aryl methyl sites for hydroxylation is 1. The zero-order valence-electron chi connectivity index (χ0n) is 19.7. The van der Waals surface area contributed by atoms with Crippen molar-refractivity contribution in [3.8, 4) is 10.6 Å². The maximum atomic E-state index is 14.2. The van der Waals surface area contributed by atoms with Crippen molar-refractivity contribution in [3.63, 3.8) is 0 Å². The van der Waals surface area contributed by atoms with Gasteiger partial charge in [0, 0.05) is 40.2 Å². The maximum absolute atomic E-state index is 14.2. The molecular weight excluding hydrogens is 476 g/mol. The fourth-order valence-corrected chi connectivity index (χ4v) is 5.19. The fourth-order valence-electron chi connectivity index (χ4n) is 4.31. The Bertz CT molecular complexity index is 1240. The van der Waals surface area contributed by atoms with E-state index in [-0.39, 0.29) is 33.2 Å². The minimum absolute atomic E-state index is 0.0113. The van der Waals surface area contributed by atoms with Crippen molar-refractivity contribution in [2.45, 2.75) is 32.2 Å². The van der Waals surface area contributed by atoms with E-state index >= 15 is 0 Å². The summed E-state index contributed by atoms with van der Waals surface area (Å²) in [6.07, 6.45) is 4.08. The third-order valence-electron chi connectivity index (χ3n) is 6.24. The first-order valence-electron chi connectivity index (χ1n) is 11.2. The van der Waals surface area contributed by atoms with E-state index in [0.717, 1.165) is 55.1 Å². The van der Waals surface area contributed by atoms with Crippen molar-refractivity contribution in [1.82, 2.24) is 19.7 Å². The van der Waals surface area contributed by atoms with Crippen molar-refractivity contribution in [2.75, 3.05) is 36.1 Å². The first-order chi connectivity index (χ1) is 16.7. The van der Waals surface area contributed by atoms with Crippen molar-refractivity contribution >= 4 is 39.7 Å². The summed E-state index contributed by atoms with van der Waals surface area (Å²) in [7, 11) is 3.60. The van der Waals surface area contributed by atoms with E-state index in [1.165, 1.54) is 12.3 Å². The number of nitrogens with one attached hydrogen (secondary N) is 1. The van der Waals surface area contributed by atoms with Crippen LogP contribution in [-0.2, 0) is 11.8 Å². The zero-order valence-corrected chi connectivity index (χ0v) is 20.5. The molecule has 1 aromatic carbocycles. The average molecular weight is 504 g/mol. The maximum Gasteiger partial charge on any atom is 0.277 e. The Morgan fingerprint density at radius 2 is 1.94 bits per heavy atom. The Labute approximate surface area is 205 Å². The smallest absolute Gasteiger partial charge is 0.277 e. The summed E-state index contributed by atoms with van der Waals surface area (Å²) in [4.78, 5) is 32.9. The lowest BCUT2D eigenvalue weighted by atomic mass is 10.1. The Hall–Kier alpha value is -3.54. The van der Waals surface area contributed by atoms with Crippen LogP contribution >= 0.6 is 11.3 Å². The molecule has 9 nitrogen and oxygen atoms in total. The van der Waals surface area contributed by atoms with E-state index in [9.17, 15) is 18.4 Å². The van der Waals surface area contributed by atoms with Crippen LogP contribution in [0.2, 0.25) is 0 Å². The van der Waals surface area contributed by atoms with Gasteiger partial charge in [-0.2, -0.15) is 5.10 Å². The lowest BCUT2D eigenvalue weighted by Gasteiger charge is -2.27. The molecule has 4 rings (SSSR count). The third kappa shape index (κ3) is 4.97. The molecule has 3 aromatic rings. The van der Waals surface area contributed by atoms with Crippen LogP contribution in [0.25, 0.3) is 10.6 Å². The molecule has 1 unspecified atom stereocenters. The molecule has 3 heterocycles. The standard InChI is InChI=1S/C23H27F2N7O2S/c1-13(33)30(2)14-6-5-10-32(11-9-14)23-17(12-27-31(23)3)28-21(34)19-20(26)35-22(29-19)18-15(24)7-4-8-16(18)25/h4,7-8,12,14H,5-6,9-11,26H2,1-3H3,(H,28,34). The number of hydrogen-bond donors (Lipinski definition) is 2. The molecule has 1 aliphatic heterocycles. The monoisotopic (exact) mass is 503 g/mol. The van der Waals surface area contributed by atoms with Gasteiger partial charge < -0.3 is 20.9 Å². The van der Waals surface area contributed by atoms with Gasteiger partial charge >= 0.3 is 0 Å². The molecule has 1 atom stereocenters. The van der Waals surface area contributed by atoms with Gasteiger partial charge in [-0.3, -0.25) is 14.3 Å². The second-order valence-corrected chi connectivity index (χ2v) is 9.52. The van der Waals surface area contributed by atoms with Crippen molar-refractivity contribution in [3.05, 3.63) is 41.7 Å². The van der Waals surface area contributed by atoms with E-state index in [1.54, 1.807) is 23.6 Å². The highest BCUT2D eigenvalue weighted by atomic mass is 32.1. The van der Waals surface area contributed by atoms with Gasteiger partial charge in [0.2, 0.25) is 5.91 Å². The number of hydrogen-bond acceptors (Lipinski definition) is 7. The highest BCUT2D eigenvalue weighted by Gasteiger charge is 2.27. The van der Waals surface area contributed by atoms with E-state index < -0.39 is 17.5 Å². The lowest BCUT2D eigenvalue weighted by Crippen LogP contribution is -2.36. The number of halogens is 2. The first-order valence-corrected chi connectivity index (χ1v) is 12.0. The van der Waals surface area contributed by atoms with Gasteiger partial charge in [0.05, 0.1) is 11.8 Å². The van der Waals surface area contributed by atoms with Crippen molar-refractivity contribution in [1.29, 1.82) is 0 Å². The molecule has 12 heteroatoms. The zero-order chi connectivity index (χ0) is 25.3. The van der Waals surface area contributed by atoms with Crippen LogP contribution in [0.4, 0.5) is 25.3 Å². The number of nitrogens with zero attached hydrogens (tertiary/aromatic N) is 5. The molecule has 1 fully saturated rings. The van der Waals surface area contributed by atoms with Crippen molar-refractivity contribution in [2.24, 2.45) is 7.05 Å². The summed E-state index contributed by atoms with van der Waals surface area (Å²) in [6, 6.07) is 3.65. The molecule has 0 spiro atoms. The molecule has 186 valence electrons. The molecule has 35 heavy (non-hydrogen) atoms. The molecule has 2 aromatic heterocycles. The van der Waals surface area contributed by atoms with Gasteiger partial charge in [-0.15, -0.1) is 0 Å². The highest BCUT2D eigenvalue weighted by Crippen LogP contribution is 2.34. The van der Waals surface area contributed by atoms with Crippen LogP contribution in [0, 0.1) is 11.6 Å². The molecule has 3 N–H and O–H groups in total. The minimum atomic E-state index is -0.782. The van der Waals surface area contributed by atoms with Crippen molar-refractivity contribution < 1.29 is 18.4 Å². The normalized spacial score (nSPS) is 16.1. The first kappa shape index (κ1) is 24.6. The minimum Gasteiger partial charge on any atom is -0.389 e. The topological polar surface area (TPSA) is 109 Å². The fraction of sp³-hybridized carbons (Fsp3) is 0.391. The van der Waals surface area contributed by atoms with Gasteiger partial charge in [0.1, 0.15) is 27.3 Å². The van der Waals surface area contributed by atoms with Gasteiger partial charge in [-0.05, 0) is 31.4 Å². The number of aromatic nitrogens is 3. The molecule has 0 aliphatic carbocycles. The second kappa shape index (κ2) is 9.98. The Kier molecular flexibility index (Phi) is 7.01. The third-order valence-corrected chi connectivity index (χ3v) is 7.14. The molecule has 1 saturated heterocycles. The number of nitrogen functional groups attached to an aromatic ring is 1. The molecular formula is C23H27F2N7O2S. The summed E-state index contributed by atoms with van der Waals surface area (Å²) in [6.45, 7) is 2.98. The summed E-state index contributed by atoms with van der Waals surface area (Å²) >= 11 is 0.843. The van der Waals surface area contributed by atoms with Crippen LogP contribution in [0.15, 0.2) is 24.4 Å². The number of benzene rings is 1. The van der Waals surface area contributed by atoms with Gasteiger partial charge in [0.25, 0.3) is 5.91 Å². The summed E-state index contributed by atoms with van der Waals surface area (Å²) < 4.78 is 30.1. The SMILES string of the molecule is CC(=O)N(C)C1CCCN(c2c(NC(=O)c3nc(-c4c(F)cccc4F)sc3N)cnn2C)CC1. The number of nitrogens with two attached hydrogens (primary N) is 1. The van der Waals surface area contributed by atoms with Crippen LogP contribution in [0.1, 0.15) is 36.7 Å². The number of amides is 2. The number of rotatable bonds is 5. The quantitative estimate of drug-likeness (QED) is 0.552. The Balaban J connectivity index is 1.54. The highest BCUT2D eigenvalue weighted by molar-refractivity contribution is 7.19. The predicted octanol–water partition coefficient (Wildman–Crippen LogP) is 3.49. The van der Waals surface area contributed by atoms with E-state index in [2.05, 4.69) is 20.3 Å². The van der Waals surface area contributed by atoms with E-state index in [4.69, 9.17) is 5.73 Å². The number of thiazole rings is 1. The number of carbonyl (C=O) groups excluding carboxylic acids is 2. The second-order valence-electron chi connectivity index (χ2n) is 8.49. The molecule has 2 amide bonds. The largest absolute Gasteiger partial charge is 0.389 e. The lowest BCUT2D eigenvalue weighted by molar-refractivity contribution is -0.129. The molecule has 0 saturated carbocycles. The van der Waals surface area contributed by atoms with E-state index in [0.29, 0.717) is 12.2 Å². The average Bonchev–Trinajstić information content (AvgIpc) is 3.26. The number of carbonyl (C=O) groups is 2. The van der Waals surface area contributed by atoms with Gasteiger partial charge in [-0.25, -0.2) is 13.8 Å². The van der Waals surface area contributed by atoms with Crippen LogP contribution in [-0.4, -0.2) is 57.7 Å². The van der Waals surface area contributed by atoms with Gasteiger partial charge in [0.15, 0.2) is 11.5 Å². The van der Waals surface area contributed by atoms with Crippen LogP contribution in [0.5, 0.6) is 0 Å². The Morgan fingerprint density at radius 3 is 2.63 bits per heavy atom. The summed E-state index contributed by atoms with van der Waals surface area (Å²) in [5.41, 5.74) is 6.04. The Morgan fingerprint density at radius 1 is 1.23 bits per heavy atom. The van der Waals surface area contributed by atoms with Gasteiger partial charge in [-0.1, -0.05) is 17.4 Å². The summed E-state index contributed by atoms with van der Waals surface area (Å²) in [5, 5.41) is 7.14. The van der Waals surface area contributed by atoms with E-state index in [1.807, 2.05) is 7.05 Å². The summed E-state index contributed by atoms with van der Waals surface area (Å²) in [5.74, 6) is -1.41. The van der Waals surface area contributed by atoms with Crippen LogP contribution in [0.3, 0.4) is 0 Å². The number of anilines is 3. The molecule has 0 radical (unpaired) electrons. The predicted molar refractivity (Wildman–Crippen MR) is 131 cm³/mol. The molecule has 1 aliphatic rings.